The van der Waals surface area contributed by atoms with E-state index in [9.17, 15) is 4.79 Å². The van der Waals surface area contributed by atoms with E-state index in [1.165, 1.54) is 19.0 Å². The molecular weight excluding hydrogens is 214 g/mol. The molecule has 0 spiro atoms. The molecule has 0 N–H and O–H groups in total. The van der Waals surface area contributed by atoms with Crippen molar-refractivity contribution in [2.45, 2.75) is 31.8 Å². The molecule has 4 heteroatoms. The summed E-state index contributed by atoms with van der Waals surface area (Å²) < 4.78 is 5.70. The van der Waals surface area contributed by atoms with Crippen molar-refractivity contribution >= 4 is 17.9 Å². The van der Waals surface area contributed by atoms with E-state index in [0.29, 0.717) is 22.6 Å². The molecule has 2 rings (SSSR count). The first-order chi connectivity index (χ1) is 7.31. The zero-order valence-corrected chi connectivity index (χ0v) is 9.04. The van der Waals surface area contributed by atoms with E-state index in [2.05, 4.69) is 4.98 Å². The Balaban J connectivity index is 2.19. The highest BCUT2D eigenvalue weighted by molar-refractivity contribution is 6.33. The van der Waals surface area contributed by atoms with Crippen molar-refractivity contribution in [1.29, 1.82) is 0 Å². The molecule has 1 aliphatic rings. The molecule has 3 nitrogen and oxygen atoms in total. The Hall–Kier alpha value is -1.09. The Kier molecular flexibility index (Phi) is 3.21. The molecule has 0 aromatic carbocycles. The summed E-state index contributed by atoms with van der Waals surface area (Å²) in [6.45, 7) is 0. The SMILES string of the molecule is O=Cc1c(Cl)cncc1OC1CCCC1. The molecule has 0 atom stereocenters. The zero-order valence-electron chi connectivity index (χ0n) is 8.28. The van der Waals surface area contributed by atoms with Crippen LogP contribution in [0.2, 0.25) is 5.02 Å². The van der Waals surface area contributed by atoms with E-state index in [4.69, 9.17) is 16.3 Å². The number of carbonyl (C=O) groups excluding carboxylic acids is 1. The number of aldehydes is 1. The van der Waals surface area contributed by atoms with E-state index in [1.54, 1.807) is 6.20 Å². The average Bonchev–Trinajstić information content (AvgIpc) is 2.71. The van der Waals surface area contributed by atoms with Gasteiger partial charge in [-0.15, -0.1) is 0 Å². The topological polar surface area (TPSA) is 39.2 Å². The quantitative estimate of drug-likeness (QED) is 0.743. The van der Waals surface area contributed by atoms with Gasteiger partial charge in [-0.1, -0.05) is 11.6 Å². The molecule has 80 valence electrons. The first-order valence-corrected chi connectivity index (χ1v) is 5.44. The fraction of sp³-hybridized carbons (Fsp3) is 0.455. The Morgan fingerprint density at radius 3 is 2.80 bits per heavy atom. The lowest BCUT2D eigenvalue weighted by Gasteiger charge is -2.14. The number of pyridine rings is 1. The number of aromatic nitrogens is 1. The van der Waals surface area contributed by atoms with E-state index in [-0.39, 0.29) is 6.10 Å². The van der Waals surface area contributed by atoms with Gasteiger partial charge in [0.05, 0.1) is 22.9 Å². The van der Waals surface area contributed by atoms with Crippen LogP contribution >= 0.6 is 11.6 Å². The number of hydrogen-bond donors (Lipinski definition) is 0. The average molecular weight is 226 g/mol. The Labute approximate surface area is 93.4 Å². The van der Waals surface area contributed by atoms with E-state index >= 15 is 0 Å². The van der Waals surface area contributed by atoms with Gasteiger partial charge in [0.1, 0.15) is 5.75 Å². The molecule has 0 radical (unpaired) electrons. The summed E-state index contributed by atoms with van der Waals surface area (Å²) in [5.41, 5.74) is 0.401. The molecule has 0 bridgehead atoms. The predicted molar refractivity (Wildman–Crippen MR) is 57.5 cm³/mol. The van der Waals surface area contributed by atoms with Crippen molar-refractivity contribution in [3.05, 3.63) is 23.0 Å². The van der Waals surface area contributed by atoms with Crippen LogP contribution in [0, 0.1) is 0 Å². The summed E-state index contributed by atoms with van der Waals surface area (Å²) in [4.78, 5) is 14.7. The third kappa shape index (κ3) is 2.29. The zero-order chi connectivity index (χ0) is 10.7. The smallest absolute Gasteiger partial charge is 0.155 e. The maximum absolute atomic E-state index is 10.8. The van der Waals surface area contributed by atoms with Gasteiger partial charge in [0, 0.05) is 6.20 Å². The van der Waals surface area contributed by atoms with Crippen LogP contribution in [0.5, 0.6) is 5.75 Å². The van der Waals surface area contributed by atoms with Crippen molar-refractivity contribution in [2.24, 2.45) is 0 Å². The second-order valence-corrected chi connectivity index (χ2v) is 4.08. The normalized spacial score (nSPS) is 16.6. The number of carbonyl (C=O) groups is 1. The highest BCUT2D eigenvalue weighted by Gasteiger charge is 2.18. The van der Waals surface area contributed by atoms with Crippen molar-refractivity contribution in [3.8, 4) is 5.75 Å². The molecule has 1 heterocycles. The van der Waals surface area contributed by atoms with Crippen molar-refractivity contribution < 1.29 is 9.53 Å². The third-order valence-electron chi connectivity index (χ3n) is 2.62. The van der Waals surface area contributed by atoms with Gasteiger partial charge in [-0.05, 0) is 25.7 Å². The number of ether oxygens (including phenoxy) is 1. The lowest BCUT2D eigenvalue weighted by Crippen LogP contribution is -2.12. The van der Waals surface area contributed by atoms with Gasteiger partial charge in [-0.2, -0.15) is 0 Å². The number of nitrogens with zero attached hydrogens (tertiary/aromatic N) is 1. The molecule has 0 saturated heterocycles. The summed E-state index contributed by atoms with van der Waals surface area (Å²) in [5.74, 6) is 0.504. The molecule has 0 unspecified atom stereocenters. The number of hydrogen-bond acceptors (Lipinski definition) is 3. The van der Waals surface area contributed by atoms with Gasteiger partial charge < -0.3 is 4.74 Å². The fourth-order valence-corrected chi connectivity index (χ4v) is 2.02. The minimum atomic E-state index is 0.212. The highest BCUT2D eigenvalue weighted by Crippen LogP contribution is 2.28. The minimum Gasteiger partial charge on any atom is -0.488 e. The summed E-state index contributed by atoms with van der Waals surface area (Å²) in [6.07, 6.45) is 8.40. The van der Waals surface area contributed by atoms with Crippen molar-refractivity contribution in [3.63, 3.8) is 0 Å². The lowest BCUT2D eigenvalue weighted by atomic mass is 10.2. The van der Waals surface area contributed by atoms with Crippen LogP contribution in [0.3, 0.4) is 0 Å². The summed E-state index contributed by atoms with van der Waals surface area (Å²) in [7, 11) is 0. The van der Waals surface area contributed by atoms with Crippen LogP contribution in [0.4, 0.5) is 0 Å². The van der Waals surface area contributed by atoms with E-state index < -0.39 is 0 Å². The summed E-state index contributed by atoms with van der Waals surface area (Å²) in [6, 6.07) is 0. The Bertz CT molecular complexity index is 362. The fourth-order valence-electron chi connectivity index (χ4n) is 1.82. The van der Waals surface area contributed by atoms with Crippen LogP contribution < -0.4 is 4.74 Å². The maximum Gasteiger partial charge on any atom is 0.155 e. The maximum atomic E-state index is 10.8. The number of rotatable bonds is 3. The van der Waals surface area contributed by atoms with Crippen LogP contribution in [-0.4, -0.2) is 17.4 Å². The van der Waals surface area contributed by atoms with Gasteiger partial charge in [-0.25, -0.2) is 0 Å². The molecule has 1 aromatic heterocycles. The first-order valence-electron chi connectivity index (χ1n) is 5.06. The third-order valence-corrected chi connectivity index (χ3v) is 2.92. The van der Waals surface area contributed by atoms with Gasteiger partial charge in [-0.3, -0.25) is 9.78 Å². The molecule has 1 fully saturated rings. The molecule has 15 heavy (non-hydrogen) atoms. The summed E-state index contributed by atoms with van der Waals surface area (Å²) >= 11 is 5.84. The molecule has 1 saturated carbocycles. The van der Waals surface area contributed by atoms with Gasteiger partial charge in [0.15, 0.2) is 6.29 Å². The molecule has 0 amide bonds. The molecule has 1 aromatic rings. The summed E-state index contributed by atoms with van der Waals surface area (Å²) in [5, 5.41) is 0.348. The van der Waals surface area contributed by atoms with E-state index in [0.717, 1.165) is 12.8 Å². The largest absolute Gasteiger partial charge is 0.488 e. The van der Waals surface area contributed by atoms with Gasteiger partial charge >= 0.3 is 0 Å². The van der Waals surface area contributed by atoms with Crippen LogP contribution in [0.25, 0.3) is 0 Å². The second kappa shape index (κ2) is 4.62. The lowest BCUT2D eigenvalue weighted by molar-refractivity contribution is 0.111. The number of halogens is 1. The van der Waals surface area contributed by atoms with Crippen LogP contribution in [0.1, 0.15) is 36.0 Å². The standard InChI is InChI=1S/C11H12ClNO2/c12-10-5-13-6-11(9(10)7-14)15-8-3-1-2-4-8/h5-8H,1-4H2. The van der Waals surface area contributed by atoms with Crippen molar-refractivity contribution in [1.82, 2.24) is 4.98 Å². The first kappa shape index (κ1) is 10.4. The predicted octanol–water partition coefficient (Wildman–Crippen LogP) is 2.87. The Morgan fingerprint density at radius 2 is 2.13 bits per heavy atom. The molecule has 0 aliphatic heterocycles. The highest BCUT2D eigenvalue weighted by atomic mass is 35.5. The van der Waals surface area contributed by atoms with Crippen LogP contribution in [0.15, 0.2) is 12.4 Å². The van der Waals surface area contributed by atoms with Gasteiger partial charge in [0.25, 0.3) is 0 Å². The van der Waals surface area contributed by atoms with E-state index in [1.807, 2.05) is 0 Å². The molecule has 1 aliphatic carbocycles. The minimum absolute atomic E-state index is 0.212. The van der Waals surface area contributed by atoms with Crippen molar-refractivity contribution in [2.75, 3.05) is 0 Å². The van der Waals surface area contributed by atoms with Gasteiger partial charge in [0.2, 0.25) is 0 Å². The monoisotopic (exact) mass is 225 g/mol. The second-order valence-electron chi connectivity index (χ2n) is 3.68. The molecular formula is C11H12ClNO2. The van der Waals surface area contributed by atoms with Crippen LogP contribution in [-0.2, 0) is 0 Å². The Morgan fingerprint density at radius 1 is 1.40 bits per heavy atom.